The molecule has 1 aliphatic heterocycles. The lowest BCUT2D eigenvalue weighted by Crippen LogP contribution is -2.37. The van der Waals surface area contributed by atoms with E-state index in [9.17, 15) is 14.4 Å². The molecule has 0 bridgehead atoms. The normalized spacial score (nSPS) is 14.9. The first-order valence-corrected chi connectivity index (χ1v) is 8.37. The molecule has 0 fully saturated rings. The average molecular weight is 387 g/mol. The van der Waals surface area contributed by atoms with E-state index < -0.39 is 17.8 Å². The largest absolute Gasteiger partial charge is 0.457 e. The van der Waals surface area contributed by atoms with Gasteiger partial charge in [-0.25, -0.2) is 4.79 Å². The van der Waals surface area contributed by atoms with Crippen LogP contribution in [0.2, 0.25) is 0 Å². The van der Waals surface area contributed by atoms with Crippen LogP contribution in [0.3, 0.4) is 0 Å². The number of nitrogens with one attached hydrogen (secondary N) is 1. The molecule has 0 spiro atoms. The van der Waals surface area contributed by atoms with Crippen LogP contribution in [0, 0.1) is 22.7 Å². The fourth-order valence-corrected chi connectivity index (χ4v) is 2.70. The highest BCUT2D eigenvalue weighted by atomic mass is 16.5. The van der Waals surface area contributed by atoms with Gasteiger partial charge >= 0.3 is 5.97 Å². The van der Waals surface area contributed by atoms with Gasteiger partial charge in [0.2, 0.25) is 0 Å². The van der Waals surface area contributed by atoms with Crippen molar-refractivity contribution < 1.29 is 23.5 Å². The molecule has 1 N–H and O–H groups in total. The van der Waals surface area contributed by atoms with E-state index in [0.717, 1.165) is 0 Å². The third-order valence-electron chi connectivity index (χ3n) is 4.18. The summed E-state index contributed by atoms with van der Waals surface area (Å²) in [5, 5.41) is 19.6. The summed E-state index contributed by atoms with van der Waals surface area (Å²) in [7, 11) is 0. The van der Waals surface area contributed by atoms with Gasteiger partial charge in [-0.2, -0.15) is 10.5 Å². The molecule has 29 heavy (non-hydrogen) atoms. The van der Waals surface area contributed by atoms with Gasteiger partial charge in [0, 0.05) is 11.1 Å². The Morgan fingerprint density at radius 3 is 2.52 bits per heavy atom. The monoisotopic (exact) mass is 387 g/mol. The number of rotatable bonds is 4. The Kier molecular flexibility index (Phi) is 5.38. The van der Waals surface area contributed by atoms with Crippen molar-refractivity contribution >= 4 is 23.9 Å². The first-order chi connectivity index (χ1) is 13.9. The van der Waals surface area contributed by atoms with Crippen molar-refractivity contribution in [3.63, 3.8) is 0 Å². The fraction of sp³-hybridized carbons (Fsp3) is 0.0952. The zero-order valence-electron chi connectivity index (χ0n) is 15.2. The van der Waals surface area contributed by atoms with Crippen LogP contribution in [-0.2, 0) is 14.3 Å². The molecule has 3 rings (SSSR count). The van der Waals surface area contributed by atoms with Gasteiger partial charge in [-0.05, 0) is 42.8 Å². The van der Waals surface area contributed by atoms with Crippen molar-refractivity contribution in [2.45, 2.75) is 6.92 Å². The van der Waals surface area contributed by atoms with Crippen LogP contribution >= 0.6 is 0 Å². The van der Waals surface area contributed by atoms with Crippen LogP contribution in [0.15, 0.2) is 57.5 Å². The number of imide groups is 1. The Hall–Kier alpha value is -4.43. The van der Waals surface area contributed by atoms with Crippen LogP contribution < -0.4 is 5.32 Å². The molecule has 2 heterocycles. The van der Waals surface area contributed by atoms with E-state index in [1.807, 2.05) is 0 Å². The number of nitriles is 2. The second-order valence-corrected chi connectivity index (χ2v) is 5.97. The lowest BCUT2D eigenvalue weighted by Gasteiger charge is -2.15. The third kappa shape index (κ3) is 3.97. The smallest absolute Gasteiger partial charge is 0.339 e. The minimum Gasteiger partial charge on any atom is -0.457 e. The van der Waals surface area contributed by atoms with Crippen molar-refractivity contribution in [2.24, 2.45) is 0 Å². The molecular weight excluding hydrogens is 374 g/mol. The van der Waals surface area contributed by atoms with Crippen LogP contribution in [0.4, 0.5) is 0 Å². The van der Waals surface area contributed by atoms with Crippen molar-refractivity contribution in [3.05, 3.63) is 64.4 Å². The van der Waals surface area contributed by atoms with Crippen molar-refractivity contribution in [2.75, 3.05) is 6.61 Å². The minimum absolute atomic E-state index is 0.124. The highest BCUT2D eigenvalue weighted by molar-refractivity contribution is 6.19. The molecule has 1 aromatic carbocycles. The number of furan rings is 1. The van der Waals surface area contributed by atoms with Gasteiger partial charge < -0.3 is 9.15 Å². The lowest BCUT2D eigenvalue weighted by atomic mass is 9.96. The van der Waals surface area contributed by atoms with E-state index in [0.29, 0.717) is 22.6 Å². The Morgan fingerprint density at radius 2 is 1.86 bits per heavy atom. The van der Waals surface area contributed by atoms with Crippen LogP contribution in [-0.4, -0.2) is 24.4 Å². The summed E-state index contributed by atoms with van der Waals surface area (Å²) in [4.78, 5) is 35.5. The highest BCUT2D eigenvalue weighted by Crippen LogP contribution is 2.27. The van der Waals surface area contributed by atoms with Crippen LogP contribution in [0.25, 0.3) is 17.4 Å². The highest BCUT2D eigenvalue weighted by Gasteiger charge is 2.27. The molecule has 0 saturated carbocycles. The summed E-state index contributed by atoms with van der Waals surface area (Å²) in [6.07, 6.45) is 1.45. The van der Waals surface area contributed by atoms with E-state index in [4.69, 9.17) is 19.7 Å². The molecule has 0 saturated heterocycles. The standard InChI is InChI=1S/C21H13N3O5/c1-12-16(19(25)24-20(26)17(12)11-23)10-15-6-7-18(29-15)13-2-4-14(5-3-13)21(27)28-9-8-22/h2-7,10H,9H2,1H3,(H,24,25,26). The van der Waals surface area contributed by atoms with E-state index in [1.54, 1.807) is 48.5 Å². The van der Waals surface area contributed by atoms with E-state index >= 15 is 0 Å². The maximum absolute atomic E-state index is 12.1. The third-order valence-corrected chi connectivity index (χ3v) is 4.18. The number of carbonyl (C=O) groups is 3. The fourth-order valence-electron chi connectivity index (χ4n) is 2.70. The van der Waals surface area contributed by atoms with Gasteiger partial charge in [-0.15, -0.1) is 0 Å². The Labute approximate surface area is 165 Å². The van der Waals surface area contributed by atoms with Crippen molar-refractivity contribution in [1.82, 2.24) is 5.32 Å². The lowest BCUT2D eigenvalue weighted by molar-refractivity contribution is -0.126. The molecule has 2 amide bonds. The summed E-state index contributed by atoms with van der Waals surface area (Å²) >= 11 is 0. The topological polar surface area (TPSA) is 133 Å². The van der Waals surface area contributed by atoms with Gasteiger partial charge in [-0.1, -0.05) is 12.1 Å². The van der Waals surface area contributed by atoms with Crippen LogP contribution in [0.1, 0.15) is 23.0 Å². The van der Waals surface area contributed by atoms with E-state index in [1.165, 1.54) is 13.0 Å². The molecule has 2 aromatic rings. The minimum atomic E-state index is -0.722. The van der Waals surface area contributed by atoms with Crippen LogP contribution in [0.5, 0.6) is 0 Å². The van der Waals surface area contributed by atoms with Gasteiger partial charge in [0.15, 0.2) is 6.61 Å². The molecule has 8 nitrogen and oxygen atoms in total. The first-order valence-electron chi connectivity index (χ1n) is 8.37. The summed E-state index contributed by atoms with van der Waals surface area (Å²) < 4.78 is 10.5. The zero-order valence-corrected chi connectivity index (χ0v) is 15.2. The summed E-state index contributed by atoms with van der Waals surface area (Å²) in [5.74, 6) is -1.08. The number of hydrogen-bond donors (Lipinski definition) is 1. The van der Waals surface area contributed by atoms with Gasteiger partial charge in [0.1, 0.15) is 29.2 Å². The molecule has 1 aliphatic rings. The molecule has 0 radical (unpaired) electrons. The molecular formula is C21H13N3O5. The van der Waals surface area contributed by atoms with Crippen molar-refractivity contribution in [3.8, 4) is 23.5 Å². The number of benzene rings is 1. The number of ether oxygens (including phenoxy) is 1. The predicted octanol–water partition coefficient (Wildman–Crippen LogP) is 2.51. The maximum atomic E-state index is 12.1. The molecule has 142 valence electrons. The van der Waals surface area contributed by atoms with Gasteiger partial charge in [0.25, 0.3) is 11.8 Å². The number of hydrogen-bond acceptors (Lipinski definition) is 7. The second kappa shape index (κ2) is 8.07. The molecule has 0 aliphatic carbocycles. The SMILES string of the molecule is CC1=C(C#N)C(=O)NC(=O)C1=Cc1ccc(-c2ccc(C(=O)OCC#N)cc2)o1. The second-order valence-electron chi connectivity index (χ2n) is 5.97. The molecule has 1 aromatic heterocycles. The number of amides is 2. The Morgan fingerprint density at radius 1 is 1.14 bits per heavy atom. The Bertz CT molecular complexity index is 1150. The Balaban J connectivity index is 1.85. The van der Waals surface area contributed by atoms with Gasteiger partial charge in [0.05, 0.1) is 5.56 Å². The van der Waals surface area contributed by atoms with E-state index in [-0.39, 0.29) is 23.3 Å². The summed E-state index contributed by atoms with van der Waals surface area (Å²) in [6.45, 7) is 1.20. The molecule has 0 unspecified atom stereocenters. The maximum Gasteiger partial charge on any atom is 0.339 e. The first kappa shape index (κ1) is 19.3. The zero-order chi connectivity index (χ0) is 21.0. The summed E-state index contributed by atoms with van der Waals surface area (Å²) in [6, 6.07) is 13.2. The molecule has 8 heteroatoms. The number of carbonyl (C=O) groups excluding carboxylic acids is 3. The summed E-state index contributed by atoms with van der Waals surface area (Å²) in [5.41, 5.74) is 1.30. The quantitative estimate of drug-likeness (QED) is 0.484. The van der Waals surface area contributed by atoms with Crippen molar-refractivity contribution in [1.29, 1.82) is 10.5 Å². The number of esters is 1. The molecule has 0 atom stereocenters. The van der Waals surface area contributed by atoms with Gasteiger partial charge in [-0.3, -0.25) is 14.9 Å². The van der Waals surface area contributed by atoms with E-state index in [2.05, 4.69) is 5.32 Å². The predicted molar refractivity (Wildman–Crippen MR) is 99.5 cm³/mol. The number of nitrogens with zero attached hydrogens (tertiary/aromatic N) is 2. The average Bonchev–Trinajstić information content (AvgIpc) is 3.18.